The van der Waals surface area contributed by atoms with Gasteiger partial charge in [-0.15, -0.1) is 0 Å². The number of hydrogen-bond donors (Lipinski definition) is 3. The van der Waals surface area contributed by atoms with Gasteiger partial charge < -0.3 is 15.7 Å². The Kier molecular flexibility index (Phi) is 2.98. The third-order valence-electron chi connectivity index (χ3n) is 2.27. The van der Waals surface area contributed by atoms with Crippen molar-refractivity contribution in [2.45, 2.75) is 44.7 Å². The molecule has 14 heavy (non-hydrogen) atoms. The Hall–Kier alpha value is -1.26. The molecule has 1 fully saturated rings. The quantitative estimate of drug-likeness (QED) is 0.625. The molecule has 0 radical (unpaired) electrons. The van der Waals surface area contributed by atoms with Crippen molar-refractivity contribution in [2.24, 2.45) is 0 Å². The minimum Gasteiger partial charge on any atom is -0.481 e. The summed E-state index contributed by atoms with van der Waals surface area (Å²) in [7, 11) is 0. The van der Waals surface area contributed by atoms with Crippen molar-refractivity contribution < 1.29 is 14.7 Å². The summed E-state index contributed by atoms with van der Waals surface area (Å²) < 4.78 is 0. The monoisotopic (exact) mass is 200 g/mol. The van der Waals surface area contributed by atoms with Crippen molar-refractivity contribution in [3.05, 3.63) is 0 Å². The Bertz CT molecular complexity index is 248. The maximum absolute atomic E-state index is 11.3. The number of carboxylic acids is 1. The van der Waals surface area contributed by atoms with Crippen molar-refractivity contribution >= 4 is 12.0 Å². The van der Waals surface area contributed by atoms with Crippen molar-refractivity contribution in [3.8, 4) is 0 Å². The normalized spacial score (nSPS) is 19.6. The minimum atomic E-state index is -0.907. The first-order valence-electron chi connectivity index (χ1n) is 4.72. The van der Waals surface area contributed by atoms with Gasteiger partial charge in [0.1, 0.15) is 0 Å². The second-order valence-corrected chi connectivity index (χ2v) is 4.16. The lowest BCUT2D eigenvalue weighted by Crippen LogP contribution is -2.46. The Balaban J connectivity index is 2.22. The highest BCUT2D eigenvalue weighted by Crippen LogP contribution is 2.33. The van der Waals surface area contributed by atoms with Gasteiger partial charge in [-0.1, -0.05) is 0 Å². The van der Waals surface area contributed by atoms with E-state index in [1.165, 1.54) is 0 Å². The van der Waals surface area contributed by atoms with Crippen LogP contribution in [0, 0.1) is 0 Å². The molecule has 0 heterocycles. The Morgan fingerprint density at radius 1 is 1.50 bits per heavy atom. The molecule has 0 spiro atoms. The summed E-state index contributed by atoms with van der Waals surface area (Å²) in [6, 6.07) is -0.617. The lowest BCUT2D eigenvalue weighted by molar-refractivity contribution is -0.137. The summed E-state index contributed by atoms with van der Waals surface area (Å²) in [4.78, 5) is 21.6. The average molecular weight is 200 g/mol. The molecule has 0 saturated heterocycles. The van der Waals surface area contributed by atoms with Crippen LogP contribution in [0.25, 0.3) is 0 Å². The van der Waals surface area contributed by atoms with Crippen LogP contribution in [0.15, 0.2) is 0 Å². The summed E-state index contributed by atoms with van der Waals surface area (Å²) in [5.41, 5.74) is -0.0625. The molecule has 0 aliphatic heterocycles. The maximum Gasteiger partial charge on any atom is 0.315 e. The van der Waals surface area contributed by atoms with E-state index < -0.39 is 5.97 Å². The first-order valence-corrected chi connectivity index (χ1v) is 4.72. The van der Waals surface area contributed by atoms with Gasteiger partial charge in [-0.2, -0.15) is 0 Å². The van der Waals surface area contributed by atoms with Crippen LogP contribution in [0.5, 0.6) is 0 Å². The standard InChI is InChI=1S/C9H16N2O3/c1-6(5-7(12)13)10-8(14)11-9(2)3-4-9/h6H,3-5H2,1-2H3,(H,12,13)(H2,10,11,14). The fourth-order valence-corrected chi connectivity index (χ4v) is 1.16. The SMILES string of the molecule is CC(CC(=O)O)NC(=O)NC1(C)CC1. The number of nitrogens with one attached hydrogen (secondary N) is 2. The zero-order valence-corrected chi connectivity index (χ0v) is 8.46. The number of hydrogen-bond acceptors (Lipinski definition) is 2. The number of carboxylic acid groups (broad SMARTS) is 1. The third-order valence-corrected chi connectivity index (χ3v) is 2.27. The molecule has 1 unspecified atom stereocenters. The number of urea groups is 1. The molecule has 0 aromatic carbocycles. The predicted octanol–water partition coefficient (Wildman–Crippen LogP) is 0.701. The van der Waals surface area contributed by atoms with Crippen molar-refractivity contribution in [1.29, 1.82) is 0 Å². The largest absolute Gasteiger partial charge is 0.481 e. The summed E-state index contributed by atoms with van der Waals surface area (Å²) in [6.07, 6.45) is 1.94. The van der Waals surface area contributed by atoms with Crippen LogP contribution in [0.2, 0.25) is 0 Å². The summed E-state index contributed by atoms with van der Waals surface area (Å²) in [5.74, 6) is -0.907. The zero-order valence-electron chi connectivity index (χ0n) is 8.46. The fourth-order valence-electron chi connectivity index (χ4n) is 1.16. The van der Waals surface area contributed by atoms with Gasteiger partial charge in [0.25, 0.3) is 0 Å². The van der Waals surface area contributed by atoms with Crippen LogP contribution >= 0.6 is 0 Å². The van der Waals surface area contributed by atoms with Crippen LogP contribution in [-0.4, -0.2) is 28.7 Å². The number of rotatable bonds is 4. The first-order chi connectivity index (χ1) is 6.41. The first kappa shape index (κ1) is 10.8. The van der Waals surface area contributed by atoms with Crippen LogP contribution in [0.4, 0.5) is 4.79 Å². The second kappa shape index (κ2) is 3.86. The van der Waals surface area contributed by atoms with E-state index in [1.54, 1.807) is 6.92 Å². The molecule has 5 heteroatoms. The molecule has 0 bridgehead atoms. The summed E-state index contributed by atoms with van der Waals surface area (Å²) in [5, 5.41) is 13.8. The topological polar surface area (TPSA) is 78.4 Å². The number of aliphatic carboxylic acids is 1. The minimum absolute atomic E-state index is 0.0515. The molecule has 80 valence electrons. The van der Waals surface area contributed by atoms with E-state index in [1.807, 2.05) is 6.92 Å². The van der Waals surface area contributed by atoms with Gasteiger partial charge in [-0.25, -0.2) is 4.79 Å². The zero-order chi connectivity index (χ0) is 10.8. The molecule has 1 saturated carbocycles. The summed E-state index contributed by atoms with van der Waals surface area (Å²) in [6.45, 7) is 3.64. The van der Waals surface area contributed by atoms with Crippen LogP contribution in [-0.2, 0) is 4.79 Å². The van der Waals surface area contributed by atoms with Gasteiger partial charge in [0.05, 0.1) is 6.42 Å². The highest BCUT2D eigenvalue weighted by atomic mass is 16.4. The number of carbonyl (C=O) groups is 2. The van der Waals surface area contributed by atoms with Crippen molar-refractivity contribution in [2.75, 3.05) is 0 Å². The third kappa shape index (κ3) is 3.64. The molecule has 1 rings (SSSR count). The second-order valence-electron chi connectivity index (χ2n) is 4.16. The van der Waals surface area contributed by atoms with Gasteiger partial charge in [-0.05, 0) is 26.7 Å². The van der Waals surface area contributed by atoms with Gasteiger partial charge >= 0.3 is 12.0 Å². The Morgan fingerprint density at radius 3 is 2.50 bits per heavy atom. The van der Waals surface area contributed by atoms with E-state index in [0.29, 0.717) is 0 Å². The van der Waals surface area contributed by atoms with Gasteiger partial charge in [0.2, 0.25) is 0 Å². The van der Waals surface area contributed by atoms with Crippen LogP contribution in [0.3, 0.4) is 0 Å². The van der Waals surface area contributed by atoms with E-state index in [0.717, 1.165) is 12.8 Å². The highest BCUT2D eigenvalue weighted by Gasteiger charge is 2.38. The number of carbonyl (C=O) groups excluding carboxylic acids is 1. The molecule has 2 amide bonds. The van der Waals surface area contributed by atoms with E-state index in [2.05, 4.69) is 10.6 Å². The van der Waals surface area contributed by atoms with Gasteiger partial charge in [-0.3, -0.25) is 4.79 Å². The van der Waals surface area contributed by atoms with E-state index in [4.69, 9.17) is 5.11 Å². The van der Waals surface area contributed by atoms with Crippen molar-refractivity contribution in [3.63, 3.8) is 0 Å². The maximum atomic E-state index is 11.3. The smallest absolute Gasteiger partial charge is 0.315 e. The lowest BCUT2D eigenvalue weighted by Gasteiger charge is -2.16. The summed E-state index contributed by atoms with van der Waals surface area (Å²) >= 11 is 0. The Labute approximate surface area is 82.9 Å². The van der Waals surface area contributed by atoms with Gasteiger partial charge in [0.15, 0.2) is 0 Å². The average Bonchev–Trinajstić information content (AvgIpc) is 2.63. The molecular weight excluding hydrogens is 184 g/mol. The molecule has 1 atom stereocenters. The molecule has 0 aromatic heterocycles. The van der Waals surface area contributed by atoms with E-state index in [-0.39, 0.29) is 24.0 Å². The lowest BCUT2D eigenvalue weighted by atomic mass is 10.2. The fraction of sp³-hybridized carbons (Fsp3) is 0.778. The van der Waals surface area contributed by atoms with Crippen LogP contribution < -0.4 is 10.6 Å². The molecular formula is C9H16N2O3. The predicted molar refractivity (Wildman–Crippen MR) is 51.0 cm³/mol. The van der Waals surface area contributed by atoms with Crippen molar-refractivity contribution in [1.82, 2.24) is 10.6 Å². The van der Waals surface area contributed by atoms with Gasteiger partial charge in [0, 0.05) is 11.6 Å². The molecule has 1 aliphatic rings. The Morgan fingerprint density at radius 2 is 2.07 bits per heavy atom. The van der Waals surface area contributed by atoms with E-state index in [9.17, 15) is 9.59 Å². The molecule has 0 aromatic rings. The molecule has 3 N–H and O–H groups in total. The van der Waals surface area contributed by atoms with E-state index >= 15 is 0 Å². The molecule has 5 nitrogen and oxygen atoms in total. The van der Waals surface area contributed by atoms with Crippen LogP contribution in [0.1, 0.15) is 33.1 Å². The number of amides is 2. The molecule has 1 aliphatic carbocycles. The highest BCUT2D eigenvalue weighted by molar-refractivity contribution is 5.76.